The number of anilines is 1. The molecule has 10 heteroatoms. The molecule has 0 aliphatic carbocycles. The largest absolute Gasteiger partial charge is 0.401 e. The fourth-order valence-electron chi connectivity index (χ4n) is 2.47. The first kappa shape index (κ1) is 14.0. The van der Waals surface area contributed by atoms with Gasteiger partial charge in [-0.25, -0.2) is 0 Å². The van der Waals surface area contributed by atoms with Crippen LogP contribution in [0.1, 0.15) is 6.42 Å². The monoisotopic (exact) mass is 301 g/mol. The zero-order chi connectivity index (χ0) is 14.9. The predicted molar refractivity (Wildman–Crippen MR) is 67.7 cm³/mol. The van der Waals surface area contributed by atoms with E-state index in [1.807, 2.05) is 0 Å². The van der Waals surface area contributed by atoms with Crippen LogP contribution in [0.25, 0.3) is 5.65 Å². The number of hydrogen-bond acceptors (Lipinski definition) is 6. The van der Waals surface area contributed by atoms with E-state index in [9.17, 15) is 13.2 Å². The minimum absolute atomic E-state index is 0.179. The standard InChI is InChI=1S/C11H14F3N7/c12-11(13,14)7-20-4-3-8(6-20)5-15-9-1-2-10-16-18-19-21(10)17-9/h1-2,8H,3-7H2,(H,15,17)/t8-/m1/s1. The smallest absolute Gasteiger partial charge is 0.368 e. The minimum atomic E-state index is -4.13. The second-order valence-corrected chi connectivity index (χ2v) is 5.13. The second-order valence-electron chi connectivity index (χ2n) is 5.13. The van der Waals surface area contributed by atoms with Crippen LogP contribution in [0.15, 0.2) is 12.1 Å². The van der Waals surface area contributed by atoms with Crippen molar-refractivity contribution < 1.29 is 13.2 Å². The molecule has 2 aromatic heterocycles. The van der Waals surface area contributed by atoms with Crippen LogP contribution in [0.2, 0.25) is 0 Å². The molecule has 0 radical (unpaired) electrons. The fourth-order valence-corrected chi connectivity index (χ4v) is 2.47. The van der Waals surface area contributed by atoms with E-state index < -0.39 is 12.7 Å². The maximum Gasteiger partial charge on any atom is 0.401 e. The molecule has 0 saturated carbocycles. The molecule has 114 valence electrons. The summed E-state index contributed by atoms with van der Waals surface area (Å²) in [5.41, 5.74) is 0.540. The quantitative estimate of drug-likeness (QED) is 0.901. The summed E-state index contributed by atoms with van der Waals surface area (Å²) in [5, 5.41) is 18.2. The summed E-state index contributed by atoms with van der Waals surface area (Å²) in [5.74, 6) is 0.780. The lowest BCUT2D eigenvalue weighted by molar-refractivity contribution is -0.143. The Labute approximate surface area is 118 Å². The van der Waals surface area contributed by atoms with Gasteiger partial charge in [-0.05, 0) is 41.4 Å². The van der Waals surface area contributed by atoms with Crippen molar-refractivity contribution in [3.8, 4) is 0 Å². The normalized spacial score (nSPS) is 20.2. The van der Waals surface area contributed by atoms with Crippen LogP contribution in [-0.2, 0) is 0 Å². The van der Waals surface area contributed by atoms with Gasteiger partial charge in [0.05, 0.1) is 6.54 Å². The van der Waals surface area contributed by atoms with Crippen molar-refractivity contribution in [3.05, 3.63) is 12.1 Å². The molecular weight excluding hydrogens is 287 g/mol. The van der Waals surface area contributed by atoms with E-state index in [1.54, 1.807) is 12.1 Å². The van der Waals surface area contributed by atoms with E-state index in [4.69, 9.17) is 0 Å². The van der Waals surface area contributed by atoms with Gasteiger partial charge in [-0.15, -0.1) is 14.8 Å². The molecule has 1 fully saturated rings. The average Bonchev–Trinajstić information content (AvgIpc) is 3.02. The Morgan fingerprint density at radius 2 is 2.19 bits per heavy atom. The highest BCUT2D eigenvalue weighted by Crippen LogP contribution is 2.22. The van der Waals surface area contributed by atoms with E-state index >= 15 is 0 Å². The molecule has 0 aromatic carbocycles. The topological polar surface area (TPSA) is 71.2 Å². The molecule has 1 aliphatic rings. The van der Waals surface area contributed by atoms with Crippen LogP contribution in [0.4, 0.5) is 19.0 Å². The number of fused-ring (bicyclic) bond motifs is 1. The molecule has 3 heterocycles. The zero-order valence-corrected chi connectivity index (χ0v) is 11.1. The lowest BCUT2D eigenvalue weighted by Gasteiger charge is -2.18. The first-order chi connectivity index (χ1) is 9.99. The number of nitrogens with one attached hydrogen (secondary N) is 1. The van der Waals surface area contributed by atoms with Gasteiger partial charge in [-0.1, -0.05) is 0 Å². The maximum atomic E-state index is 12.3. The minimum Gasteiger partial charge on any atom is -0.368 e. The van der Waals surface area contributed by atoms with Gasteiger partial charge in [0.1, 0.15) is 5.82 Å². The molecule has 0 spiro atoms. The highest BCUT2D eigenvalue weighted by Gasteiger charge is 2.34. The van der Waals surface area contributed by atoms with Crippen LogP contribution in [0.3, 0.4) is 0 Å². The summed E-state index contributed by atoms with van der Waals surface area (Å²) in [6, 6.07) is 3.47. The Kier molecular flexibility index (Phi) is 3.62. The Bertz CT molecular complexity index is 611. The predicted octanol–water partition coefficient (Wildman–Crippen LogP) is 0.815. The van der Waals surface area contributed by atoms with Crippen molar-refractivity contribution in [2.45, 2.75) is 12.6 Å². The fraction of sp³-hybridized carbons (Fsp3) is 0.636. The van der Waals surface area contributed by atoms with Crippen molar-refractivity contribution in [3.63, 3.8) is 0 Å². The second kappa shape index (κ2) is 5.43. The molecule has 2 aromatic rings. The molecule has 1 saturated heterocycles. The molecule has 7 nitrogen and oxygen atoms in total. The van der Waals surface area contributed by atoms with Gasteiger partial charge >= 0.3 is 6.18 Å². The van der Waals surface area contributed by atoms with Crippen LogP contribution in [-0.4, -0.2) is 62.5 Å². The van der Waals surface area contributed by atoms with Gasteiger partial charge in [0.25, 0.3) is 0 Å². The van der Waals surface area contributed by atoms with E-state index in [1.165, 1.54) is 9.53 Å². The van der Waals surface area contributed by atoms with Crippen molar-refractivity contribution in [1.82, 2.24) is 30.2 Å². The van der Waals surface area contributed by atoms with Gasteiger partial charge in [0, 0.05) is 13.1 Å². The molecular formula is C11H14F3N7. The number of nitrogens with zero attached hydrogens (tertiary/aromatic N) is 6. The van der Waals surface area contributed by atoms with Gasteiger partial charge in [-0.3, -0.25) is 4.90 Å². The molecule has 3 rings (SSSR count). The summed E-state index contributed by atoms with van der Waals surface area (Å²) in [4.78, 5) is 1.43. The summed E-state index contributed by atoms with van der Waals surface area (Å²) in [6.07, 6.45) is -3.38. The molecule has 1 aliphatic heterocycles. The van der Waals surface area contributed by atoms with E-state index in [0.717, 1.165) is 6.42 Å². The Morgan fingerprint density at radius 1 is 1.33 bits per heavy atom. The first-order valence-corrected chi connectivity index (χ1v) is 6.58. The van der Waals surface area contributed by atoms with Crippen LogP contribution in [0.5, 0.6) is 0 Å². The van der Waals surface area contributed by atoms with Crippen molar-refractivity contribution in [1.29, 1.82) is 0 Å². The summed E-state index contributed by atoms with van der Waals surface area (Å²) >= 11 is 0. The molecule has 0 unspecified atom stereocenters. The van der Waals surface area contributed by atoms with E-state index in [0.29, 0.717) is 31.1 Å². The lowest BCUT2D eigenvalue weighted by Crippen LogP contribution is -2.33. The third-order valence-electron chi connectivity index (χ3n) is 3.41. The van der Waals surface area contributed by atoms with E-state index in [2.05, 4.69) is 25.9 Å². The third kappa shape index (κ3) is 3.57. The van der Waals surface area contributed by atoms with E-state index in [-0.39, 0.29) is 5.92 Å². The van der Waals surface area contributed by atoms with Gasteiger partial charge in [-0.2, -0.15) is 13.2 Å². The zero-order valence-electron chi connectivity index (χ0n) is 11.1. The molecule has 1 atom stereocenters. The SMILES string of the molecule is FC(F)(F)CN1CC[C@H](CNc2ccc3nnnn3n2)C1. The van der Waals surface area contributed by atoms with Crippen LogP contribution >= 0.6 is 0 Å². The van der Waals surface area contributed by atoms with Crippen LogP contribution in [0, 0.1) is 5.92 Å². The Hall–Kier alpha value is -1.97. The number of halogens is 3. The third-order valence-corrected chi connectivity index (χ3v) is 3.41. The summed E-state index contributed by atoms with van der Waals surface area (Å²) in [6.45, 7) is 0.665. The highest BCUT2D eigenvalue weighted by atomic mass is 19.4. The van der Waals surface area contributed by atoms with Gasteiger partial charge < -0.3 is 5.32 Å². The van der Waals surface area contributed by atoms with Gasteiger partial charge in [0.15, 0.2) is 5.65 Å². The maximum absolute atomic E-state index is 12.3. The van der Waals surface area contributed by atoms with Crippen molar-refractivity contribution in [2.75, 3.05) is 31.5 Å². The van der Waals surface area contributed by atoms with Crippen molar-refractivity contribution in [2.24, 2.45) is 5.92 Å². The van der Waals surface area contributed by atoms with Crippen molar-refractivity contribution >= 4 is 11.5 Å². The first-order valence-electron chi connectivity index (χ1n) is 6.58. The average molecular weight is 301 g/mol. The highest BCUT2D eigenvalue weighted by molar-refractivity contribution is 5.42. The number of alkyl halides is 3. The molecule has 0 bridgehead atoms. The number of likely N-dealkylation sites (tertiary alicyclic amines) is 1. The lowest BCUT2D eigenvalue weighted by atomic mass is 10.1. The number of rotatable bonds is 4. The molecule has 0 amide bonds. The van der Waals surface area contributed by atoms with Gasteiger partial charge in [0.2, 0.25) is 0 Å². The summed E-state index contributed by atoms with van der Waals surface area (Å²) in [7, 11) is 0. The number of aromatic nitrogens is 5. The number of hydrogen-bond donors (Lipinski definition) is 1. The molecule has 1 N–H and O–H groups in total. The van der Waals surface area contributed by atoms with Crippen LogP contribution < -0.4 is 5.32 Å². The number of tetrazole rings is 1. The Morgan fingerprint density at radius 3 is 3.00 bits per heavy atom. The molecule has 21 heavy (non-hydrogen) atoms. The summed E-state index contributed by atoms with van der Waals surface area (Å²) < 4.78 is 38.2. The Balaban J connectivity index is 1.51.